The summed E-state index contributed by atoms with van der Waals surface area (Å²) in [5.74, 6) is 2.59. The maximum atomic E-state index is 11.7. The molecule has 1 rings (SSSR count). The molecule has 1 aromatic carbocycles. The van der Waals surface area contributed by atoms with Crippen LogP contribution in [0.2, 0.25) is 29.7 Å². The van der Waals surface area contributed by atoms with E-state index >= 15 is 0 Å². The molecule has 0 radical (unpaired) electrons. The number of carbonyl (C=O) groups is 1. The summed E-state index contributed by atoms with van der Waals surface area (Å²) in [6.45, 7) is 6.30. The highest BCUT2D eigenvalue weighted by Gasteiger charge is 2.10. The van der Waals surface area contributed by atoms with E-state index in [0.717, 1.165) is 5.56 Å². The van der Waals surface area contributed by atoms with Crippen LogP contribution >= 0.6 is 23.2 Å². The van der Waals surface area contributed by atoms with E-state index in [1.54, 1.807) is 18.2 Å². The Labute approximate surface area is 113 Å². The molecule has 0 aliphatic rings. The molecule has 0 saturated heterocycles. The number of hydrogen-bond donors (Lipinski definition) is 0. The minimum atomic E-state index is -1.50. The molecule has 0 atom stereocenters. The topological polar surface area (TPSA) is 17.1 Å². The Morgan fingerprint density at radius 2 is 1.94 bits per heavy atom. The molecule has 0 spiro atoms. The average Bonchev–Trinajstić information content (AvgIpc) is 2.18. The van der Waals surface area contributed by atoms with E-state index < -0.39 is 8.07 Å². The highest BCUT2D eigenvalue weighted by Crippen LogP contribution is 2.21. The van der Waals surface area contributed by atoms with Gasteiger partial charge in [0.2, 0.25) is 5.78 Å². The molecule has 1 nitrogen and oxygen atoms in total. The van der Waals surface area contributed by atoms with Crippen LogP contribution in [-0.4, -0.2) is 13.9 Å². The lowest BCUT2D eigenvalue weighted by molar-refractivity contribution is -0.113. The first-order valence-electron chi connectivity index (χ1n) is 5.28. The molecule has 17 heavy (non-hydrogen) atoms. The van der Waals surface area contributed by atoms with Crippen molar-refractivity contribution in [2.75, 3.05) is 0 Å². The van der Waals surface area contributed by atoms with Crippen LogP contribution in [0.25, 0.3) is 0 Å². The summed E-state index contributed by atoms with van der Waals surface area (Å²) >= 11 is 11.8. The van der Waals surface area contributed by atoms with Crippen LogP contribution < -0.4 is 0 Å². The Bertz CT molecular complexity index is 492. The molecule has 0 aliphatic carbocycles. The van der Waals surface area contributed by atoms with Crippen LogP contribution in [0.3, 0.4) is 0 Å². The van der Waals surface area contributed by atoms with Crippen LogP contribution in [0.5, 0.6) is 0 Å². The first-order valence-corrected chi connectivity index (χ1v) is 9.53. The SMILES string of the molecule is C[Si](C)(C)C#CC(=O)Cc1ccc(Cl)cc1Cl. The third-order valence-corrected chi connectivity index (χ3v) is 3.40. The zero-order chi connectivity index (χ0) is 13.1. The van der Waals surface area contributed by atoms with Gasteiger partial charge in [0.15, 0.2) is 0 Å². The fraction of sp³-hybridized carbons (Fsp3) is 0.308. The third-order valence-electron chi connectivity index (χ3n) is 1.94. The van der Waals surface area contributed by atoms with Crippen molar-refractivity contribution in [3.63, 3.8) is 0 Å². The normalized spacial score (nSPS) is 10.6. The minimum absolute atomic E-state index is 0.100. The highest BCUT2D eigenvalue weighted by atomic mass is 35.5. The van der Waals surface area contributed by atoms with E-state index in [9.17, 15) is 4.79 Å². The van der Waals surface area contributed by atoms with Gasteiger partial charge in [-0.15, -0.1) is 5.54 Å². The predicted octanol–water partition coefficient (Wildman–Crippen LogP) is 3.99. The number of benzene rings is 1. The Balaban J connectivity index is 2.78. The molecule has 0 aliphatic heterocycles. The molecule has 90 valence electrons. The fourth-order valence-corrected chi connectivity index (χ4v) is 2.13. The maximum absolute atomic E-state index is 11.7. The lowest BCUT2D eigenvalue weighted by Crippen LogP contribution is -2.17. The second-order valence-corrected chi connectivity index (χ2v) is 10.4. The lowest BCUT2D eigenvalue weighted by atomic mass is 10.1. The van der Waals surface area contributed by atoms with Crippen LogP contribution in [0, 0.1) is 11.5 Å². The molecule has 0 N–H and O–H groups in total. The van der Waals surface area contributed by atoms with Crippen LogP contribution in [-0.2, 0) is 11.2 Å². The lowest BCUT2D eigenvalue weighted by Gasteiger charge is -2.04. The smallest absolute Gasteiger partial charge is 0.209 e. The van der Waals surface area contributed by atoms with E-state index in [0.29, 0.717) is 10.0 Å². The number of rotatable bonds is 2. The number of halogens is 2. The Morgan fingerprint density at radius 3 is 2.47 bits per heavy atom. The molecule has 0 fully saturated rings. The minimum Gasteiger partial charge on any atom is -0.285 e. The number of carbonyl (C=O) groups excluding carboxylic acids is 1. The van der Waals surface area contributed by atoms with Crippen molar-refractivity contribution in [1.29, 1.82) is 0 Å². The van der Waals surface area contributed by atoms with E-state index in [1.165, 1.54) is 0 Å². The van der Waals surface area contributed by atoms with Crippen molar-refractivity contribution in [2.45, 2.75) is 26.1 Å². The Kier molecular flexibility index (Phi) is 4.82. The molecule has 0 unspecified atom stereocenters. The summed E-state index contributed by atoms with van der Waals surface area (Å²) in [5, 5.41) is 1.08. The van der Waals surface area contributed by atoms with Crippen LogP contribution in [0.1, 0.15) is 5.56 Å². The van der Waals surface area contributed by atoms with Gasteiger partial charge in [-0.3, -0.25) is 4.79 Å². The predicted molar refractivity (Wildman–Crippen MR) is 76.3 cm³/mol. The molecular formula is C13H14Cl2OSi. The first-order chi connectivity index (χ1) is 7.78. The number of Topliss-reactive ketones (excluding diaryl/α,β-unsaturated/α-hetero) is 1. The van der Waals surface area contributed by atoms with Gasteiger partial charge in [-0.1, -0.05) is 48.9 Å². The molecule has 0 saturated carbocycles. The molecule has 0 bridgehead atoms. The third kappa shape index (κ3) is 5.41. The molecule has 0 amide bonds. The van der Waals surface area contributed by atoms with Crippen molar-refractivity contribution in [1.82, 2.24) is 0 Å². The average molecular weight is 285 g/mol. The van der Waals surface area contributed by atoms with Crippen molar-refractivity contribution >= 4 is 37.1 Å². The summed E-state index contributed by atoms with van der Waals surface area (Å²) in [4.78, 5) is 11.7. The Hall–Kier alpha value is -0.753. The number of ketones is 1. The zero-order valence-corrected chi connectivity index (χ0v) is 12.6. The summed E-state index contributed by atoms with van der Waals surface area (Å²) in [7, 11) is -1.50. The monoisotopic (exact) mass is 284 g/mol. The molecule has 0 heterocycles. The van der Waals surface area contributed by atoms with Crippen molar-refractivity contribution < 1.29 is 4.79 Å². The van der Waals surface area contributed by atoms with Gasteiger partial charge in [-0.2, -0.15) is 0 Å². The summed E-state index contributed by atoms with van der Waals surface area (Å²) in [5.41, 5.74) is 3.81. The van der Waals surface area contributed by atoms with Crippen molar-refractivity contribution in [3.8, 4) is 11.5 Å². The summed E-state index contributed by atoms with van der Waals surface area (Å²) < 4.78 is 0. The van der Waals surface area contributed by atoms with Gasteiger partial charge >= 0.3 is 0 Å². The van der Waals surface area contributed by atoms with Gasteiger partial charge in [0.05, 0.1) is 0 Å². The zero-order valence-electron chi connectivity index (χ0n) is 10.1. The quantitative estimate of drug-likeness (QED) is 0.593. The number of hydrogen-bond acceptors (Lipinski definition) is 1. The van der Waals surface area contributed by atoms with Gasteiger partial charge in [0.25, 0.3) is 0 Å². The first kappa shape index (κ1) is 14.3. The molecular weight excluding hydrogens is 271 g/mol. The summed E-state index contributed by atoms with van der Waals surface area (Å²) in [6.07, 6.45) is 0.244. The van der Waals surface area contributed by atoms with E-state index in [1.807, 2.05) is 0 Å². The van der Waals surface area contributed by atoms with Crippen molar-refractivity contribution in [3.05, 3.63) is 33.8 Å². The molecule has 4 heteroatoms. The van der Waals surface area contributed by atoms with Gasteiger partial charge < -0.3 is 0 Å². The van der Waals surface area contributed by atoms with Crippen LogP contribution in [0.15, 0.2) is 18.2 Å². The highest BCUT2D eigenvalue weighted by molar-refractivity contribution is 6.84. The van der Waals surface area contributed by atoms with E-state index in [2.05, 4.69) is 31.1 Å². The molecule has 1 aromatic rings. The molecule has 0 aromatic heterocycles. The largest absolute Gasteiger partial charge is 0.285 e. The van der Waals surface area contributed by atoms with E-state index in [4.69, 9.17) is 23.2 Å². The van der Waals surface area contributed by atoms with Crippen LogP contribution in [0.4, 0.5) is 0 Å². The maximum Gasteiger partial charge on any atom is 0.209 e. The second-order valence-electron chi connectivity index (χ2n) is 4.84. The fourth-order valence-electron chi connectivity index (χ4n) is 1.14. The van der Waals surface area contributed by atoms with Gasteiger partial charge in [-0.25, -0.2) is 0 Å². The standard InChI is InChI=1S/C13H14Cl2OSi/c1-17(2,3)7-6-12(16)8-10-4-5-11(14)9-13(10)15/h4-5,9H,8H2,1-3H3. The summed E-state index contributed by atoms with van der Waals surface area (Å²) in [6, 6.07) is 5.12. The van der Waals surface area contributed by atoms with Gasteiger partial charge in [0.1, 0.15) is 8.07 Å². The van der Waals surface area contributed by atoms with E-state index in [-0.39, 0.29) is 12.2 Å². The van der Waals surface area contributed by atoms with Gasteiger partial charge in [-0.05, 0) is 23.6 Å². The van der Waals surface area contributed by atoms with Crippen molar-refractivity contribution in [2.24, 2.45) is 0 Å². The second kappa shape index (κ2) is 5.73. The van der Waals surface area contributed by atoms with Gasteiger partial charge in [0, 0.05) is 16.5 Å². The Morgan fingerprint density at radius 1 is 1.29 bits per heavy atom.